The number of rotatable bonds is 4. The van der Waals surface area contributed by atoms with E-state index in [2.05, 4.69) is 19.9 Å². The first kappa shape index (κ1) is 21.3. The fourth-order valence-corrected chi connectivity index (χ4v) is 4.57. The second-order valence-electron chi connectivity index (χ2n) is 8.32. The standard InChI is InChI=1S/C23H20F3N5O2/c1-13-3-5-16(21-27-7-2-8-28-21)20(30-13)22(32)31-12-14-9-17(31)18(10-14)33-19-6-4-15(11-29-19)23(24,25)26/h2-8,11,14,17-18H,9-10,12H2,1H3/t14-,17+,18-/m1/s1. The van der Waals surface area contributed by atoms with E-state index in [0.29, 0.717) is 30.0 Å². The maximum atomic E-state index is 13.5. The van der Waals surface area contributed by atoms with E-state index in [0.717, 1.165) is 18.7 Å². The Morgan fingerprint density at radius 1 is 1.09 bits per heavy atom. The molecule has 1 saturated carbocycles. The minimum absolute atomic E-state index is 0.111. The molecule has 3 aromatic heterocycles. The Labute approximate surface area is 187 Å². The van der Waals surface area contributed by atoms with Gasteiger partial charge in [-0.05, 0) is 49.9 Å². The van der Waals surface area contributed by atoms with Crippen LogP contribution in [0.5, 0.6) is 5.88 Å². The second kappa shape index (κ2) is 8.09. The van der Waals surface area contributed by atoms with Gasteiger partial charge in [-0.1, -0.05) is 0 Å². The van der Waals surface area contributed by atoms with Crippen LogP contribution in [0.3, 0.4) is 0 Å². The number of aryl methyl sites for hydroxylation is 1. The number of carbonyl (C=O) groups is 1. The molecule has 3 atom stereocenters. The molecule has 0 unspecified atom stereocenters. The van der Waals surface area contributed by atoms with Gasteiger partial charge in [-0.3, -0.25) is 4.79 Å². The van der Waals surface area contributed by atoms with Gasteiger partial charge >= 0.3 is 6.18 Å². The third kappa shape index (κ3) is 4.12. The molecular weight excluding hydrogens is 435 g/mol. The average Bonchev–Trinajstić information content (AvgIpc) is 3.39. The SMILES string of the molecule is Cc1ccc(-c2ncccn2)c(C(=O)N2C[C@H]3C[C@@H](Oc4ccc(C(F)(F)F)cn4)[C@@H]2C3)n1. The molecule has 0 N–H and O–H groups in total. The topological polar surface area (TPSA) is 81.1 Å². The Morgan fingerprint density at radius 3 is 2.55 bits per heavy atom. The van der Waals surface area contributed by atoms with Gasteiger partial charge in [0.2, 0.25) is 5.88 Å². The van der Waals surface area contributed by atoms with Crippen LogP contribution in [0.15, 0.2) is 48.9 Å². The molecule has 10 heteroatoms. The maximum Gasteiger partial charge on any atom is 0.417 e. The van der Waals surface area contributed by atoms with E-state index in [1.54, 1.807) is 35.5 Å². The highest BCUT2D eigenvalue weighted by Crippen LogP contribution is 2.41. The maximum absolute atomic E-state index is 13.5. The number of piperidine rings is 1. The van der Waals surface area contributed by atoms with Crippen LogP contribution in [0.1, 0.15) is 34.6 Å². The van der Waals surface area contributed by atoms with E-state index in [1.807, 2.05) is 6.92 Å². The van der Waals surface area contributed by atoms with Crippen molar-refractivity contribution in [1.82, 2.24) is 24.8 Å². The molecule has 5 rings (SSSR count). The molecule has 0 aromatic carbocycles. The third-order valence-corrected chi connectivity index (χ3v) is 6.07. The van der Waals surface area contributed by atoms with Gasteiger partial charge in [-0.25, -0.2) is 19.9 Å². The number of pyridine rings is 2. The van der Waals surface area contributed by atoms with Gasteiger partial charge in [0, 0.05) is 36.9 Å². The molecule has 4 heterocycles. The Bertz CT molecular complexity index is 1170. The van der Waals surface area contributed by atoms with Crippen molar-refractivity contribution < 1.29 is 22.7 Å². The molecule has 1 amide bonds. The van der Waals surface area contributed by atoms with Crippen molar-refractivity contribution in [2.45, 2.75) is 38.1 Å². The monoisotopic (exact) mass is 455 g/mol. The lowest BCUT2D eigenvalue weighted by molar-refractivity contribution is -0.137. The first-order valence-corrected chi connectivity index (χ1v) is 10.6. The summed E-state index contributed by atoms with van der Waals surface area (Å²) in [4.78, 5) is 32.1. The highest BCUT2D eigenvalue weighted by atomic mass is 19.4. The van der Waals surface area contributed by atoms with Crippen LogP contribution in [0, 0.1) is 12.8 Å². The predicted octanol–water partition coefficient (Wildman–Crippen LogP) is 3.94. The van der Waals surface area contributed by atoms with Crippen LogP contribution in [0.2, 0.25) is 0 Å². The van der Waals surface area contributed by atoms with Gasteiger partial charge in [-0.15, -0.1) is 0 Å². The zero-order chi connectivity index (χ0) is 23.2. The molecule has 2 aliphatic rings. The van der Waals surface area contributed by atoms with Crippen molar-refractivity contribution in [2.24, 2.45) is 5.92 Å². The van der Waals surface area contributed by atoms with Crippen LogP contribution in [-0.4, -0.2) is 49.4 Å². The van der Waals surface area contributed by atoms with Crippen LogP contribution in [0.25, 0.3) is 11.4 Å². The predicted molar refractivity (Wildman–Crippen MR) is 111 cm³/mol. The lowest BCUT2D eigenvalue weighted by atomic mass is 10.1. The highest BCUT2D eigenvalue weighted by molar-refractivity contribution is 5.98. The summed E-state index contributed by atoms with van der Waals surface area (Å²) in [6.45, 7) is 2.39. The lowest BCUT2D eigenvalue weighted by Gasteiger charge is -2.33. The number of carbonyl (C=O) groups excluding carboxylic acids is 1. The van der Waals surface area contributed by atoms with Gasteiger partial charge in [-0.2, -0.15) is 13.2 Å². The molecule has 170 valence electrons. The van der Waals surface area contributed by atoms with E-state index in [1.165, 1.54) is 6.07 Å². The van der Waals surface area contributed by atoms with Crippen LogP contribution in [0.4, 0.5) is 13.2 Å². The summed E-state index contributed by atoms with van der Waals surface area (Å²) in [6, 6.07) is 7.25. The van der Waals surface area contributed by atoms with Gasteiger partial charge in [0.15, 0.2) is 5.82 Å². The fraction of sp³-hybridized carbons (Fsp3) is 0.348. The van der Waals surface area contributed by atoms with Crippen molar-refractivity contribution in [2.75, 3.05) is 6.54 Å². The average molecular weight is 455 g/mol. The number of aromatic nitrogens is 4. The summed E-state index contributed by atoms with van der Waals surface area (Å²) < 4.78 is 44.3. The molecule has 2 fully saturated rings. The Kier molecular flexibility index (Phi) is 5.22. The van der Waals surface area contributed by atoms with Crippen molar-refractivity contribution in [1.29, 1.82) is 0 Å². The minimum atomic E-state index is -4.46. The number of halogens is 3. The number of hydrogen-bond donors (Lipinski definition) is 0. The van der Waals surface area contributed by atoms with Crippen molar-refractivity contribution >= 4 is 5.91 Å². The van der Waals surface area contributed by atoms with Gasteiger partial charge in [0.25, 0.3) is 5.91 Å². The highest BCUT2D eigenvalue weighted by Gasteiger charge is 2.49. The van der Waals surface area contributed by atoms with Gasteiger partial charge in [0.1, 0.15) is 11.8 Å². The summed E-state index contributed by atoms with van der Waals surface area (Å²) in [5.74, 6) is 0.543. The molecule has 33 heavy (non-hydrogen) atoms. The zero-order valence-electron chi connectivity index (χ0n) is 17.7. The van der Waals surface area contributed by atoms with Crippen molar-refractivity contribution in [3.8, 4) is 17.3 Å². The molecular formula is C23H20F3N5O2. The van der Waals surface area contributed by atoms with E-state index in [4.69, 9.17) is 4.74 Å². The van der Waals surface area contributed by atoms with Crippen molar-refractivity contribution in [3.63, 3.8) is 0 Å². The Hall–Kier alpha value is -3.56. The lowest BCUT2D eigenvalue weighted by Crippen LogP contribution is -2.47. The number of hydrogen-bond acceptors (Lipinski definition) is 6. The smallest absolute Gasteiger partial charge is 0.417 e. The van der Waals surface area contributed by atoms with E-state index >= 15 is 0 Å². The molecule has 7 nitrogen and oxygen atoms in total. The molecule has 2 bridgehead atoms. The fourth-order valence-electron chi connectivity index (χ4n) is 4.57. The quantitative estimate of drug-likeness (QED) is 0.593. The number of fused-ring (bicyclic) bond motifs is 2. The number of nitrogens with zero attached hydrogens (tertiary/aromatic N) is 5. The summed E-state index contributed by atoms with van der Waals surface area (Å²) in [6.07, 6.45) is 0.645. The normalized spacial score (nSPS) is 21.9. The van der Waals surface area contributed by atoms with Crippen molar-refractivity contribution in [3.05, 3.63) is 65.9 Å². The Morgan fingerprint density at radius 2 is 1.88 bits per heavy atom. The first-order valence-electron chi connectivity index (χ1n) is 10.6. The number of likely N-dealkylation sites (tertiary alicyclic amines) is 1. The van der Waals surface area contributed by atoms with Crippen LogP contribution >= 0.6 is 0 Å². The van der Waals surface area contributed by atoms with Gasteiger partial charge < -0.3 is 9.64 Å². The summed E-state index contributed by atoms with van der Waals surface area (Å²) in [5.41, 5.74) is 0.695. The minimum Gasteiger partial charge on any atom is -0.472 e. The number of amides is 1. The largest absolute Gasteiger partial charge is 0.472 e. The molecule has 1 saturated heterocycles. The van der Waals surface area contributed by atoms with E-state index in [-0.39, 0.29) is 35.5 Å². The van der Waals surface area contributed by atoms with E-state index < -0.39 is 11.7 Å². The van der Waals surface area contributed by atoms with Crippen LogP contribution in [-0.2, 0) is 6.18 Å². The molecule has 0 spiro atoms. The second-order valence-corrected chi connectivity index (χ2v) is 8.32. The summed E-state index contributed by atoms with van der Waals surface area (Å²) >= 11 is 0. The summed E-state index contributed by atoms with van der Waals surface area (Å²) in [7, 11) is 0. The number of ether oxygens (including phenoxy) is 1. The molecule has 1 aliphatic carbocycles. The first-order chi connectivity index (χ1) is 15.8. The molecule has 1 aliphatic heterocycles. The zero-order valence-corrected chi connectivity index (χ0v) is 17.7. The molecule has 3 aromatic rings. The van der Waals surface area contributed by atoms with Gasteiger partial charge in [0.05, 0.1) is 17.2 Å². The third-order valence-electron chi connectivity index (χ3n) is 6.07. The Balaban J connectivity index is 1.37. The summed E-state index contributed by atoms with van der Waals surface area (Å²) in [5, 5.41) is 0. The molecule has 0 radical (unpaired) electrons. The number of alkyl halides is 3. The van der Waals surface area contributed by atoms with Crippen LogP contribution < -0.4 is 4.74 Å². The van der Waals surface area contributed by atoms with E-state index in [9.17, 15) is 18.0 Å².